The minimum Gasteiger partial charge on any atom is -0.505 e. The third kappa shape index (κ3) is 2.14. The Morgan fingerprint density at radius 1 is 1.26 bits per heavy atom. The van der Waals surface area contributed by atoms with E-state index in [-0.39, 0.29) is 11.1 Å². The zero-order valence-electron chi connectivity index (χ0n) is 10.7. The fourth-order valence-electron chi connectivity index (χ4n) is 2.10. The van der Waals surface area contributed by atoms with Gasteiger partial charge in [0.1, 0.15) is 5.15 Å². The predicted octanol–water partition coefficient (Wildman–Crippen LogP) is 2.85. The van der Waals surface area contributed by atoms with Crippen LogP contribution in [0.1, 0.15) is 13.8 Å². The lowest BCUT2D eigenvalue weighted by Gasteiger charge is -2.07. The van der Waals surface area contributed by atoms with Crippen molar-refractivity contribution in [2.45, 2.75) is 26.9 Å². The third-order valence-electron chi connectivity index (χ3n) is 3.01. The van der Waals surface area contributed by atoms with Crippen LogP contribution in [0.4, 0.5) is 4.39 Å². The summed E-state index contributed by atoms with van der Waals surface area (Å²) in [5.74, 6) is -1.23. The van der Waals surface area contributed by atoms with E-state index in [4.69, 9.17) is 11.6 Å². The van der Waals surface area contributed by atoms with Crippen LogP contribution in [0.5, 0.6) is 5.75 Å². The number of halogens is 2. The number of hydrogen-bond acceptors (Lipinski definition) is 2. The predicted molar refractivity (Wildman–Crippen MR) is 72.1 cm³/mol. The Labute approximate surface area is 114 Å². The number of hydrogen-bond donors (Lipinski definition) is 1. The molecule has 19 heavy (non-hydrogen) atoms. The highest BCUT2D eigenvalue weighted by Gasteiger charge is 2.19. The highest BCUT2D eigenvalue weighted by molar-refractivity contribution is 6.32. The van der Waals surface area contributed by atoms with Crippen molar-refractivity contribution in [1.29, 1.82) is 0 Å². The van der Waals surface area contributed by atoms with Gasteiger partial charge in [0.05, 0.1) is 5.56 Å². The molecule has 0 radical (unpaired) electrons. The molecule has 0 fully saturated rings. The van der Waals surface area contributed by atoms with Crippen molar-refractivity contribution in [2.24, 2.45) is 0 Å². The molecule has 0 aliphatic heterocycles. The summed E-state index contributed by atoms with van der Waals surface area (Å²) in [5.41, 5.74) is 0.435. The lowest BCUT2D eigenvalue weighted by atomic mass is 10.1. The van der Waals surface area contributed by atoms with Crippen molar-refractivity contribution in [2.75, 3.05) is 0 Å². The largest absolute Gasteiger partial charge is 0.505 e. The van der Waals surface area contributed by atoms with Crippen LogP contribution in [-0.4, -0.2) is 14.5 Å². The Bertz CT molecular complexity index is 676. The van der Waals surface area contributed by atoms with Gasteiger partial charge in [-0.2, -0.15) is 0 Å². The molecule has 1 aromatic heterocycles. The quantitative estimate of drug-likeness (QED) is 0.942. The Balaban J connectivity index is 2.72. The molecule has 6 heteroatoms. The van der Waals surface area contributed by atoms with E-state index in [0.29, 0.717) is 23.8 Å². The summed E-state index contributed by atoms with van der Waals surface area (Å²) in [5, 5.41) is 9.69. The summed E-state index contributed by atoms with van der Waals surface area (Å²) in [7, 11) is 0. The summed E-state index contributed by atoms with van der Waals surface area (Å²) in [6.45, 7) is 4.76. The number of aromatic hydroxyl groups is 1. The molecule has 2 aromatic rings. The lowest BCUT2D eigenvalue weighted by Crippen LogP contribution is -2.22. The van der Waals surface area contributed by atoms with Gasteiger partial charge in [0, 0.05) is 13.1 Å². The number of phenols is 1. The van der Waals surface area contributed by atoms with Gasteiger partial charge >= 0.3 is 0 Å². The molecule has 2 rings (SSSR count). The Morgan fingerprint density at radius 3 is 2.37 bits per heavy atom. The average molecular weight is 285 g/mol. The highest BCUT2D eigenvalue weighted by Crippen LogP contribution is 2.29. The second-order valence-corrected chi connectivity index (χ2v) is 4.43. The van der Waals surface area contributed by atoms with Crippen LogP contribution in [0.25, 0.3) is 11.1 Å². The molecule has 0 amide bonds. The van der Waals surface area contributed by atoms with Crippen molar-refractivity contribution < 1.29 is 9.50 Å². The van der Waals surface area contributed by atoms with Crippen LogP contribution in [0.2, 0.25) is 5.15 Å². The zero-order valence-corrected chi connectivity index (χ0v) is 11.4. The number of aromatic nitrogens is 2. The fraction of sp³-hybridized carbons (Fsp3) is 0.308. The van der Waals surface area contributed by atoms with E-state index in [1.165, 1.54) is 16.8 Å². The van der Waals surface area contributed by atoms with Crippen LogP contribution < -0.4 is 5.56 Å². The number of phenolic OH excluding ortho intramolecular Hbond substituents is 1. The molecule has 1 N–H and O–H groups in total. The maximum Gasteiger partial charge on any atom is 0.276 e. The van der Waals surface area contributed by atoms with Gasteiger partial charge in [-0.1, -0.05) is 17.7 Å². The standard InChI is InChI=1S/C13H14ClFN2O2/c1-3-16-12(14)11(13(19)17(16)4-2)8-5-6-9(15)10(18)7-8/h5-7,18H,3-4H2,1-2H3. The SMILES string of the molecule is CCn1c(Cl)c(-c2ccc(F)c(O)c2)c(=O)n1CC. The van der Waals surface area contributed by atoms with Gasteiger partial charge in [-0.05, 0) is 31.5 Å². The molecule has 0 saturated carbocycles. The van der Waals surface area contributed by atoms with Gasteiger partial charge in [-0.15, -0.1) is 0 Å². The van der Waals surface area contributed by atoms with Crippen molar-refractivity contribution in [3.05, 3.63) is 39.5 Å². The van der Waals surface area contributed by atoms with E-state index in [1.54, 1.807) is 4.68 Å². The molecule has 0 unspecified atom stereocenters. The van der Waals surface area contributed by atoms with Crippen LogP contribution in [0.15, 0.2) is 23.0 Å². The van der Waals surface area contributed by atoms with Crippen LogP contribution >= 0.6 is 11.6 Å². The third-order valence-corrected chi connectivity index (χ3v) is 3.39. The summed E-state index contributed by atoms with van der Waals surface area (Å²) < 4.78 is 16.2. The van der Waals surface area contributed by atoms with Crippen LogP contribution in [0.3, 0.4) is 0 Å². The second-order valence-electron chi connectivity index (χ2n) is 4.07. The first-order valence-electron chi connectivity index (χ1n) is 5.99. The molecular formula is C13H14ClFN2O2. The Hall–Kier alpha value is -1.75. The van der Waals surface area contributed by atoms with E-state index < -0.39 is 11.6 Å². The van der Waals surface area contributed by atoms with Crippen molar-refractivity contribution >= 4 is 11.6 Å². The van der Waals surface area contributed by atoms with Gasteiger partial charge < -0.3 is 5.11 Å². The molecule has 4 nitrogen and oxygen atoms in total. The molecule has 102 valence electrons. The maximum atomic E-state index is 13.1. The zero-order chi connectivity index (χ0) is 14.2. The van der Waals surface area contributed by atoms with Crippen LogP contribution in [-0.2, 0) is 13.1 Å². The molecular weight excluding hydrogens is 271 g/mol. The summed E-state index contributed by atoms with van der Waals surface area (Å²) in [4.78, 5) is 12.3. The van der Waals surface area contributed by atoms with Crippen LogP contribution in [0, 0.1) is 5.82 Å². The van der Waals surface area contributed by atoms with E-state index in [0.717, 1.165) is 6.07 Å². The summed E-state index contributed by atoms with van der Waals surface area (Å²) >= 11 is 6.21. The number of rotatable bonds is 3. The minimum absolute atomic E-state index is 0.250. The molecule has 0 saturated heterocycles. The van der Waals surface area contributed by atoms with Gasteiger partial charge in [0.15, 0.2) is 11.6 Å². The monoisotopic (exact) mass is 284 g/mol. The van der Waals surface area contributed by atoms with Crippen molar-refractivity contribution in [1.82, 2.24) is 9.36 Å². The van der Waals surface area contributed by atoms with Gasteiger partial charge in [0.25, 0.3) is 5.56 Å². The fourth-order valence-corrected chi connectivity index (χ4v) is 2.50. The molecule has 0 aliphatic rings. The summed E-state index contributed by atoms with van der Waals surface area (Å²) in [6, 6.07) is 3.75. The molecule has 0 spiro atoms. The Morgan fingerprint density at radius 2 is 1.89 bits per heavy atom. The van der Waals surface area contributed by atoms with E-state index in [2.05, 4.69) is 0 Å². The lowest BCUT2D eigenvalue weighted by molar-refractivity contribution is 0.433. The van der Waals surface area contributed by atoms with Gasteiger partial charge in [-0.3, -0.25) is 9.48 Å². The second kappa shape index (κ2) is 5.09. The first-order chi connectivity index (χ1) is 9.01. The normalized spacial score (nSPS) is 10.9. The Kier molecular flexibility index (Phi) is 3.66. The molecule has 0 aliphatic carbocycles. The van der Waals surface area contributed by atoms with E-state index in [1.807, 2.05) is 13.8 Å². The first-order valence-corrected chi connectivity index (χ1v) is 6.37. The number of nitrogens with zero attached hydrogens (tertiary/aromatic N) is 2. The first kappa shape index (κ1) is 13.7. The molecule has 0 bridgehead atoms. The van der Waals surface area contributed by atoms with Gasteiger partial charge in [0.2, 0.25) is 0 Å². The molecule has 1 aromatic carbocycles. The smallest absolute Gasteiger partial charge is 0.276 e. The highest BCUT2D eigenvalue weighted by atomic mass is 35.5. The number of benzene rings is 1. The average Bonchev–Trinajstić information content (AvgIpc) is 2.63. The van der Waals surface area contributed by atoms with E-state index >= 15 is 0 Å². The van der Waals surface area contributed by atoms with Crippen molar-refractivity contribution in [3.8, 4) is 16.9 Å². The summed E-state index contributed by atoms with van der Waals surface area (Å²) in [6.07, 6.45) is 0. The minimum atomic E-state index is -0.731. The molecule has 1 heterocycles. The van der Waals surface area contributed by atoms with Crippen molar-refractivity contribution in [3.63, 3.8) is 0 Å². The van der Waals surface area contributed by atoms with E-state index in [9.17, 15) is 14.3 Å². The van der Waals surface area contributed by atoms with Gasteiger partial charge in [-0.25, -0.2) is 9.07 Å². The molecule has 0 atom stereocenters. The topological polar surface area (TPSA) is 47.2 Å². The maximum absolute atomic E-state index is 13.1.